The Bertz CT molecular complexity index is 638. The summed E-state index contributed by atoms with van der Waals surface area (Å²) in [5.41, 5.74) is 0.0356. The Balaban J connectivity index is 2.16. The lowest BCUT2D eigenvalue weighted by molar-refractivity contribution is -0.384. The van der Waals surface area contributed by atoms with Gasteiger partial charge in [0, 0.05) is 37.2 Å². The van der Waals surface area contributed by atoms with Gasteiger partial charge in [0.1, 0.15) is 5.02 Å². The topological polar surface area (TPSA) is 96.5 Å². The van der Waals surface area contributed by atoms with E-state index < -0.39 is 4.92 Å². The Morgan fingerprint density at radius 2 is 2.35 bits per heavy atom. The molecule has 8 heteroatoms. The molecular formula is C15H16ClN3O4. The lowest BCUT2D eigenvalue weighted by Crippen LogP contribution is -2.36. The SMILES string of the molecule is N#CCCN(C[C@@H]1CCOC1)C(=O)c1ccc([N+](=O)[O-])c(Cl)c1. The molecule has 23 heavy (non-hydrogen) atoms. The zero-order chi connectivity index (χ0) is 16.8. The first-order chi connectivity index (χ1) is 11.0. The summed E-state index contributed by atoms with van der Waals surface area (Å²) in [6, 6.07) is 5.93. The minimum Gasteiger partial charge on any atom is -0.381 e. The van der Waals surface area contributed by atoms with Crippen molar-refractivity contribution < 1.29 is 14.5 Å². The van der Waals surface area contributed by atoms with Gasteiger partial charge in [0.05, 0.1) is 24.0 Å². The summed E-state index contributed by atoms with van der Waals surface area (Å²) < 4.78 is 5.31. The summed E-state index contributed by atoms with van der Waals surface area (Å²) >= 11 is 5.86. The number of hydrogen-bond acceptors (Lipinski definition) is 5. The van der Waals surface area contributed by atoms with Crippen molar-refractivity contribution >= 4 is 23.2 Å². The molecule has 1 saturated heterocycles. The molecule has 2 rings (SSSR count). The van der Waals surface area contributed by atoms with Gasteiger partial charge in [-0.15, -0.1) is 0 Å². The van der Waals surface area contributed by atoms with Crippen LogP contribution in [0.3, 0.4) is 0 Å². The monoisotopic (exact) mass is 337 g/mol. The van der Waals surface area contributed by atoms with Gasteiger partial charge in [-0.05, 0) is 18.6 Å². The van der Waals surface area contributed by atoms with Crippen molar-refractivity contribution in [3.8, 4) is 6.07 Å². The quantitative estimate of drug-likeness (QED) is 0.587. The van der Waals surface area contributed by atoms with Crippen molar-refractivity contribution in [1.82, 2.24) is 4.90 Å². The number of nitriles is 1. The van der Waals surface area contributed by atoms with Gasteiger partial charge in [0.25, 0.3) is 11.6 Å². The number of amides is 1. The minimum atomic E-state index is -0.597. The lowest BCUT2D eigenvalue weighted by Gasteiger charge is -2.24. The van der Waals surface area contributed by atoms with Crippen molar-refractivity contribution in [3.05, 3.63) is 38.9 Å². The molecule has 1 aromatic rings. The van der Waals surface area contributed by atoms with Gasteiger partial charge < -0.3 is 9.64 Å². The zero-order valence-corrected chi connectivity index (χ0v) is 13.2. The highest BCUT2D eigenvalue weighted by molar-refractivity contribution is 6.33. The molecule has 1 heterocycles. The molecule has 0 radical (unpaired) electrons. The van der Waals surface area contributed by atoms with Crippen LogP contribution in [0.4, 0.5) is 5.69 Å². The molecule has 0 bridgehead atoms. The van der Waals surface area contributed by atoms with E-state index in [1.807, 2.05) is 6.07 Å². The van der Waals surface area contributed by atoms with Crippen LogP contribution in [0.2, 0.25) is 5.02 Å². The van der Waals surface area contributed by atoms with Crippen LogP contribution in [-0.2, 0) is 4.74 Å². The second-order valence-electron chi connectivity index (χ2n) is 5.31. The molecule has 0 spiro atoms. The zero-order valence-electron chi connectivity index (χ0n) is 12.4. The minimum absolute atomic E-state index is 0.0784. The number of halogens is 1. The molecule has 1 aliphatic rings. The normalized spacial score (nSPS) is 16.8. The second-order valence-corrected chi connectivity index (χ2v) is 5.72. The van der Waals surface area contributed by atoms with E-state index in [2.05, 4.69) is 0 Å². The van der Waals surface area contributed by atoms with E-state index >= 15 is 0 Å². The van der Waals surface area contributed by atoms with Crippen molar-refractivity contribution in [3.63, 3.8) is 0 Å². The summed E-state index contributed by atoms with van der Waals surface area (Å²) in [7, 11) is 0. The third-order valence-corrected chi connectivity index (χ3v) is 3.98. The van der Waals surface area contributed by atoms with Crippen LogP contribution in [0.1, 0.15) is 23.2 Å². The number of benzene rings is 1. The maximum atomic E-state index is 12.6. The summed E-state index contributed by atoms with van der Waals surface area (Å²) in [6.07, 6.45) is 1.09. The van der Waals surface area contributed by atoms with Gasteiger partial charge in [-0.1, -0.05) is 11.6 Å². The van der Waals surface area contributed by atoms with E-state index in [4.69, 9.17) is 21.6 Å². The molecule has 1 aliphatic heterocycles. The van der Waals surface area contributed by atoms with E-state index in [1.165, 1.54) is 18.2 Å². The van der Waals surface area contributed by atoms with E-state index in [0.29, 0.717) is 26.3 Å². The smallest absolute Gasteiger partial charge is 0.287 e. The summed E-state index contributed by atoms with van der Waals surface area (Å²) in [4.78, 5) is 24.4. The third kappa shape index (κ3) is 4.41. The van der Waals surface area contributed by atoms with Crippen LogP contribution in [0.25, 0.3) is 0 Å². The highest BCUT2D eigenvalue weighted by Gasteiger charge is 2.24. The Morgan fingerprint density at radius 1 is 1.57 bits per heavy atom. The molecule has 122 valence electrons. The Kier molecular flexibility index (Phi) is 5.90. The fourth-order valence-electron chi connectivity index (χ4n) is 2.47. The van der Waals surface area contributed by atoms with Gasteiger partial charge in [-0.3, -0.25) is 14.9 Å². The standard InChI is InChI=1S/C15H16ClN3O4/c16-13-8-12(2-3-14(13)19(21)22)15(20)18(6-1-5-17)9-11-4-7-23-10-11/h2-3,8,11H,1,4,6-7,9-10H2/t11-/m0/s1. The van der Waals surface area contributed by atoms with Gasteiger partial charge in [-0.2, -0.15) is 5.26 Å². The predicted octanol–water partition coefficient (Wildman–Crippen LogP) is 2.64. The van der Waals surface area contributed by atoms with Crippen molar-refractivity contribution in [2.24, 2.45) is 5.92 Å². The Morgan fingerprint density at radius 3 is 2.91 bits per heavy atom. The molecule has 0 aliphatic carbocycles. The first kappa shape index (κ1) is 17.2. The predicted molar refractivity (Wildman–Crippen MR) is 83.2 cm³/mol. The van der Waals surface area contributed by atoms with Crippen LogP contribution in [0, 0.1) is 27.4 Å². The third-order valence-electron chi connectivity index (χ3n) is 3.67. The fraction of sp³-hybridized carbons (Fsp3) is 0.467. The van der Waals surface area contributed by atoms with E-state index in [0.717, 1.165) is 6.42 Å². The van der Waals surface area contributed by atoms with Crippen LogP contribution in [0.5, 0.6) is 0 Å². The average Bonchev–Trinajstić information content (AvgIpc) is 3.03. The first-order valence-electron chi connectivity index (χ1n) is 7.21. The second kappa shape index (κ2) is 7.90. The van der Waals surface area contributed by atoms with Gasteiger partial charge in [0.2, 0.25) is 0 Å². The molecular weight excluding hydrogens is 322 g/mol. The van der Waals surface area contributed by atoms with E-state index in [-0.39, 0.29) is 34.5 Å². The average molecular weight is 338 g/mol. The van der Waals surface area contributed by atoms with Crippen LogP contribution < -0.4 is 0 Å². The number of carbonyl (C=O) groups excluding carboxylic acids is 1. The number of nitro groups is 1. The molecule has 0 saturated carbocycles. The summed E-state index contributed by atoms with van der Waals surface area (Å²) in [5, 5.41) is 19.5. The van der Waals surface area contributed by atoms with Gasteiger partial charge >= 0.3 is 0 Å². The molecule has 0 N–H and O–H groups in total. The van der Waals surface area contributed by atoms with Gasteiger partial charge in [-0.25, -0.2) is 0 Å². The molecule has 1 fully saturated rings. The number of nitro benzene ring substituents is 1. The highest BCUT2D eigenvalue weighted by atomic mass is 35.5. The largest absolute Gasteiger partial charge is 0.381 e. The number of nitrogens with zero attached hydrogens (tertiary/aromatic N) is 3. The summed E-state index contributed by atoms with van der Waals surface area (Å²) in [5.74, 6) is -0.0462. The highest BCUT2D eigenvalue weighted by Crippen LogP contribution is 2.26. The molecule has 0 aromatic heterocycles. The van der Waals surface area contributed by atoms with Crippen molar-refractivity contribution in [2.75, 3.05) is 26.3 Å². The molecule has 1 amide bonds. The van der Waals surface area contributed by atoms with Crippen molar-refractivity contribution in [2.45, 2.75) is 12.8 Å². The van der Waals surface area contributed by atoms with Crippen LogP contribution >= 0.6 is 11.6 Å². The molecule has 1 aromatic carbocycles. The maximum Gasteiger partial charge on any atom is 0.287 e. The molecule has 0 unspecified atom stereocenters. The van der Waals surface area contributed by atoms with Crippen LogP contribution in [0.15, 0.2) is 18.2 Å². The van der Waals surface area contributed by atoms with E-state index in [9.17, 15) is 14.9 Å². The number of rotatable bonds is 6. The summed E-state index contributed by atoms with van der Waals surface area (Å²) in [6.45, 7) is 2.07. The Hall–Kier alpha value is -2.17. The van der Waals surface area contributed by atoms with Crippen molar-refractivity contribution in [1.29, 1.82) is 5.26 Å². The number of hydrogen-bond donors (Lipinski definition) is 0. The maximum absolute atomic E-state index is 12.6. The molecule has 1 atom stereocenters. The van der Waals surface area contributed by atoms with Gasteiger partial charge in [0.15, 0.2) is 0 Å². The first-order valence-corrected chi connectivity index (χ1v) is 7.58. The van der Waals surface area contributed by atoms with E-state index in [1.54, 1.807) is 4.90 Å². The molecule has 7 nitrogen and oxygen atoms in total. The number of carbonyl (C=O) groups is 1. The Labute approximate surface area is 138 Å². The van der Waals surface area contributed by atoms with Crippen LogP contribution in [-0.4, -0.2) is 42.0 Å². The fourth-order valence-corrected chi connectivity index (χ4v) is 2.72. The lowest BCUT2D eigenvalue weighted by atomic mass is 10.1. The number of ether oxygens (including phenoxy) is 1.